The van der Waals surface area contributed by atoms with Gasteiger partial charge in [-0.3, -0.25) is 0 Å². The molecule has 10 heavy (non-hydrogen) atoms. The number of pyridine rings is 1. The van der Waals surface area contributed by atoms with E-state index in [9.17, 15) is 4.39 Å². The molecule has 1 rings (SSSR count). The van der Waals surface area contributed by atoms with E-state index < -0.39 is 0 Å². The zero-order valence-electron chi connectivity index (χ0n) is 5.14. The Morgan fingerprint density at radius 2 is 2.40 bits per heavy atom. The second kappa shape index (κ2) is 3.25. The maximum Gasteiger partial charge on any atom is 0.159 e. The first kappa shape index (κ1) is 7.87. The molecule has 0 aromatic carbocycles. The molecule has 0 spiro atoms. The highest BCUT2D eigenvalue weighted by molar-refractivity contribution is 14.1. The van der Waals surface area contributed by atoms with Crippen molar-refractivity contribution in [2.45, 2.75) is 6.54 Å². The SMILES string of the molecule is NCc1ccnc(I)c1F. The fourth-order valence-corrected chi connectivity index (χ4v) is 1.12. The molecule has 0 saturated heterocycles. The Labute approximate surface area is 71.8 Å². The first-order chi connectivity index (χ1) is 4.75. The molecule has 0 aliphatic heterocycles. The van der Waals surface area contributed by atoms with Gasteiger partial charge < -0.3 is 5.73 Å². The molecule has 0 bridgehead atoms. The molecule has 0 atom stereocenters. The van der Waals surface area contributed by atoms with Gasteiger partial charge in [0.2, 0.25) is 0 Å². The monoisotopic (exact) mass is 252 g/mol. The lowest BCUT2D eigenvalue weighted by Crippen LogP contribution is -2.02. The van der Waals surface area contributed by atoms with Gasteiger partial charge in [0.1, 0.15) is 3.70 Å². The van der Waals surface area contributed by atoms with Gasteiger partial charge in [-0.25, -0.2) is 9.37 Å². The van der Waals surface area contributed by atoms with Gasteiger partial charge in [-0.2, -0.15) is 0 Å². The van der Waals surface area contributed by atoms with Crippen molar-refractivity contribution in [3.05, 3.63) is 27.3 Å². The Balaban J connectivity index is 3.14. The molecule has 0 amide bonds. The molecule has 54 valence electrons. The average Bonchev–Trinajstić information content (AvgIpc) is 1.95. The number of nitrogens with zero attached hydrogens (tertiary/aromatic N) is 1. The number of halogens is 2. The Morgan fingerprint density at radius 3 is 2.90 bits per heavy atom. The average molecular weight is 252 g/mol. The molecule has 0 fully saturated rings. The summed E-state index contributed by atoms with van der Waals surface area (Å²) in [5, 5.41) is 0. The predicted octanol–water partition coefficient (Wildman–Crippen LogP) is 1.28. The van der Waals surface area contributed by atoms with E-state index in [4.69, 9.17) is 5.73 Å². The van der Waals surface area contributed by atoms with Gasteiger partial charge in [-0.1, -0.05) is 0 Å². The topological polar surface area (TPSA) is 38.9 Å². The summed E-state index contributed by atoms with van der Waals surface area (Å²) in [5.41, 5.74) is 5.76. The number of aromatic nitrogens is 1. The van der Waals surface area contributed by atoms with Crippen LogP contribution >= 0.6 is 22.6 Å². The van der Waals surface area contributed by atoms with E-state index in [1.807, 2.05) is 22.6 Å². The van der Waals surface area contributed by atoms with Crippen LogP contribution in [-0.2, 0) is 6.54 Å². The summed E-state index contributed by atoms with van der Waals surface area (Å²) in [5.74, 6) is -0.300. The minimum absolute atomic E-state index is 0.227. The van der Waals surface area contributed by atoms with E-state index in [0.717, 1.165) is 0 Å². The molecule has 2 nitrogen and oxygen atoms in total. The summed E-state index contributed by atoms with van der Waals surface area (Å²) in [6.45, 7) is 0.227. The molecule has 2 N–H and O–H groups in total. The molecule has 1 heterocycles. The Bertz CT molecular complexity index is 239. The summed E-state index contributed by atoms with van der Waals surface area (Å²) < 4.78 is 13.2. The molecule has 0 aliphatic carbocycles. The van der Waals surface area contributed by atoms with E-state index in [0.29, 0.717) is 9.26 Å². The lowest BCUT2D eigenvalue weighted by molar-refractivity contribution is 0.594. The smallest absolute Gasteiger partial charge is 0.159 e. The molecule has 0 unspecified atom stereocenters. The molecular weight excluding hydrogens is 246 g/mol. The molecular formula is C6H6FIN2. The van der Waals surface area contributed by atoms with Gasteiger partial charge in [-0.05, 0) is 28.7 Å². The van der Waals surface area contributed by atoms with Crippen LogP contribution in [0.4, 0.5) is 4.39 Å². The first-order valence-electron chi connectivity index (χ1n) is 2.74. The summed E-state index contributed by atoms with van der Waals surface area (Å²) in [7, 11) is 0. The van der Waals surface area contributed by atoms with E-state index >= 15 is 0 Å². The summed E-state index contributed by atoms with van der Waals surface area (Å²) >= 11 is 1.83. The summed E-state index contributed by atoms with van der Waals surface area (Å²) in [6.07, 6.45) is 1.55. The number of hydrogen-bond donors (Lipinski definition) is 1. The van der Waals surface area contributed by atoms with Crippen molar-refractivity contribution in [2.75, 3.05) is 0 Å². The Kier molecular flexibility index (Phi) is 2.56. The lowest BCUT2D eigenvalue weighted by atomic mass is 10.3. The van der Waals surface area contributed by atoms with Crippen LogP contribution in [0.15, 0.2) is 12.3 Å². The summed E-state index contributed by atoms with van der Waals surface area (Å²) in [4.78, 5) is 3.74. The van der Waals surface area contributed by atoms with Gasteiger partial charge in [0.05, 0.1) is 0 Å². The molecule has 0 saturated carbocycles. The Hall–Kier alpha value is -0.230. The van der Waals surface area contributed by atoms with Gasteiger partial charge in [0, 0.05) is 18.3 Å². The van der Waals surface area contributed by atoms with E-state index in [2.05, 4.69) is 4.98 Å². The molecule has 1 aromatic heterocycles. The summed E-state index contributed by atoms with van der Waals surface area (Å²) in [6, 6.07) is 1.58. The first-order valence-corrected chi connectivity index (χ1v) is 3.82. The van der Waals surface area contributed by atoms with E-state index in [-0.39, 0.29) is 12.4 Å². The van der Waals surface area contributed by atoms with Crippen molar-refractivity contribution in [1.82, 2.24) is 4.98 Å². The van der Waals surface area contributed by atoms with Crippen LogP contribution in [-0.4, -0.2) is 4.98 Å². The van der Waals surface area contributed by atoms with Crippen molar-refractivity contribution in [2.24, 2.45) is 5.73 Å². The third-order valence-corrected chi connectivity index (χ3v) is 1.90. The fraction of sp³-hybridized carbons (Fsp3) is 0.167. The fourth-order valence-electron chi connectivity index (χ4n) is 0.613. The van der Waals surface area contributed by atoms with Gasteiger partial charge in [0.25, 0.3) is 0 Å². The van der Waals surface area contributed by atoms with Crippen LogP contribution in [0.3, 0.4) is 0 Å². The maximum absolute atomic E-state index is 12.9. The standard InChI is InChI=1S/C6H6FIN2/c7-5-4(3-9)1-2-10-6(5)8/h1-2H,3,9H2. The second-order valence-corrected chi connectivity index (χ2v) is 2.80. The highest BCUT2D eigenvalue weighted by atomic mass is 127. The van der Waals surface area contributed by atoms with Gasteiger partial charge in [-0.15, -0.1) is 0 Å². The normalized spacial score (nSPS) is 9.90. The maximum atomic E-state index is 12.9. The van der Waals surface area contributed by atoms with Crippen molar-refractivity contribution in [3.63, 3.8) is 0 Å². The quantitative estimate of drug-likeness (QED) is 0.604. The second-order valence-electron chi connectivity index (χ2n) is 1.78. The van der Waals surface area contributed by atoms with Crippen LogP contribution in [0.2, 0.25) is 0 Å². The molecule has 1 aromatic rings. The Morgan fingerprint density at radius 1 is 1.70 bits per heavy atom. The third kappa shape index (κ3) is 1.43. The zero-order valence-corrected chi connectivity index (χ0v) is 7.30. The number of rotatable bonds is 1. The van der Waals surface area contributed by atoms with Crippen LogP contribution in [0.25, 0.3) is 0 Å². The largest absolute Gasteiger partial charge is 0.326 e. The zero-order chi connectivity index (χ0) is 7.56. The predicted molar refractivity (Wildman–Crippen MR) is 44.8 cm³/mol. The lowest BCUT2D eigenvalue weighted by Gasteiger charge is -1.98. The van der Waals surface area contributed by atoms with Crippen LogP contribution in [0.1, 0.15) is 5.56 Å². The van der Waals surface area contributed by atoms with Crippen LogP contribution in [0, 0.1) is 9.52 Å². The van der Waals surface area contributed by atoms with E-state index in [1.165, 1.54) is 0 Å². The van der Waals surface area contributed by atoms with E-state index in [1.54, 1.807) is 12.3 Å². The van der Waals surface area contributed by atoms with Crippen molar-refractivity contribution < 1.29 is 4.39 Å². The van der Waals surface area contributed by atoms with Gasteiger partial charge in [0.15, 0.2) is 5.82 Å². The van der Waals surface area contributed by atoms with Crippen molar-refractivity contribution in [3.8, 4) is 0 Å². The molecule has 0 radical (unpaired) electrons. The van der Waals surface area contributed by atoms with Gasteiger partial charge >= 0.3 is 0 Å². The van der Waals surface area contributed by atoms with Crippen LogP contribution < -0.4 is 5.73 Å². The van der Waals surface area contributed by atoms with Crippen LogP contribution in [0.5, 0.6) is 0 Å². The number of nitrogens with two attached hydrogens (primary N) is 1. The highest BCUT2D eigenvalue weighted by Crippen LogP contribution is 2.10. The molecule has 0 aliphatic rings. The van der Waals surface area contributed by atoms with Crippen molar-refractivity contribution >= 4 is 22.6 Å². The minimum Gasteiger partial charge on any atom is -0.326 e. The minimum atomic E-state index is -0.300. The van der Waals surface area contributed by atoms with Crippen molar-refractivity contribution in [1.29, 1.82) is 0 Å². The molecule has 4 heteroatoms. The third-order valence-electron chi connectivity index (χ3n) is 1.15. The highest BCUT2D eigenvalue weighted by Gasteiger charge is 2.03. The number of hydrogen-bond acceptors (Lipinski definition) is 2.